The molecule has 0 atom stereocenters. The molecule has 0 bridgehead atoms. The van der Waals surface area contributed by atoms with E-state index < -0.39 is 0 Å². The highest BCUT2D eigenvalue weighted by Crippen LogP contribution is 2.33. The maximum Gasteiger partial charge on any atom is 0.0485 e. The number of thioether (sulfide) groups is 1. The van der Waals surface area contributed by atoms with Crippen molar-refractivity contribution < 1.29 is 0 Å². The molecule has 2 aromatic rings. The fourth-order valence-corrected chi connectivity index (χ4v) is 3.64. The van der Waals surface area contributed by atoms with Crippen molar-refractivity contribution in [3.05, 3.63) is 102 Å². The second-order valence-corrected chi connectivity index (χ2v) is 7.10. The summed E-state index contributed by atoms with van der Waals surface area (Å²) >= 11 is 1.71. The average Bonchev–Trinajstić information content (AvgIpc) is 2.64. The van der Waals surface area contributed by atoms with Gasteiger partial charge in [-0.15, -0.1) is 0 Å². The van der Waals surface area contributed by atoms with Gasteiger partial charge in [0.15, 0.2) is 0 Å². The van der Waals surface area contributed by atoms with E-state index in [9.17, 15) is 0 Å². The smallest absolute Gasteiger partial charge is 0.0485 e. The van der Waals surface area contributed by atoms with Crippen molar-refractivity contribution in [2.45, 2.75) is 18.7 Å². The summed E-state index contributed by atoms with van der Waals surface area (Å²) in [7, 11) is 0. The predicted molar refractivity (Wildman–Crippen MR) is 112 cm³/mol. The van der Waals surface area contributed by atoms with Crippen molar-refractivity contribution in [1.82, 2.24) is 0 Å². The van der Waals surface area contributed by atoms with Crippen molar-refractivity contribution in [2.24, 2.45) is 0 Å². The summed E-state index contributed by atoms with van der Waals surface area (Å²) in [5.74, 6) is 0. The van der Waals surface area contributed by atoms with Crippen LogP contribution in [-0.2, 0) is 0 Å². The molecule has 0 fully saturated rings. The van der Waals surface area contributed by atoms with Crippen LogP contribution < -0.4 is 4.90 Å². The van der Waals surface area contributed by atoms with Crippen LogP contribution >= 0.6 is 11.8 Å². The molecule has 126 valence electrons. The first-order valence-corrected chi connectivity index (χ1v) is 9.35. The number of allylic oxidation sites excluding steroid dienone is 5. The standard InChI is InChI=1S/C23H23NS/c1-4-24-17-16-20(21-13-6-7-14-22(21)24)12-9-11-19(3)25-23-15-8-5-10-18(23)2/h5-17H,3-4H2,1-2H3. The molecule has 0 saturated carbocycles. The van der Waals surface area contributed by atoms with Gasteiger partial charge in [0.1, 0.15) is 0 Å². The first kappa shape index (κ1) is 17.4. The van der Waals surface area contributed by atoms with Gasteiger partial charge in [0.05, 0.1) is 0 Å². The molecule has 25 heavy (non-hydrogen) atoms. The number of fused-ring (bicyclic) bond motifs is 1. The lowest BCUT2D eigenvalue weighted by Crippen LogP contribution is -2.18. The van der Waals surface area contributed by atoms with E-state index in [0.717, 1.165) is 11.4 Å². The first-order valence-electron chi connectivity index (χ1n) is 8.54. The number of para-hydroxylation sites is 1. The molecule has 1 aliphatic heterocycles. The summed E-state index contributed by atoms with van der Waals surface area (Å²) in [5.41, 5.74) is 5.04. The van der Waals surface area contributed by atoms with Crippen LogP contribution in [-0.4, -0.2) is 6.54 Å². The third-order valence-corrected chi connectivity index (χ3v) is 5.27. The minimum absolute atomic E-state index is 0.973. The molecule has 0 saturated heterocycles. The molecule has 0 N–H and O–H groups in total. The molecule has 1 heterocycles. The number of benzene rings is 2. The molecular weight excluding hydrogens is 322 g/mol. The van der Waals surface area contributed by atoms with Crippen molar-refractivity contribution in [1.29, 1.82) is 0 Å². The van der Waals surface area contributed by atoms with Crippen LogP contribution in [0.4, 0.5) is 5.69 Å². The van der Waals surface area contributed by atoms with E-state index in [1.807, 2.05) is 0 Å². The van der Waals surface area contributed by atoms with Crippen LogP contribution in [0.2, 0.25) is 0 Å². The molecule has 0 spiro atoms. The molecule has 2 heteroatoms. The van der Waals surface area contributed by atoms with Crippen molar-refractivity contribution >= 4 is 23.0 Å². The van der Waals surface area contributed by atoms with Crippen molar-refractivity contribution in [3.8, 4) is 0 Å². The lowest BCUT2D eigenvalue weighted by atomic mass is 9.99. The minimum atomic E-state index is 0.973. The highest BCUT2D eigenvalue weighted by atomic mass is 32.2. The quantitative estimate of drug-likeness (QED) is 0.444. The van der Waals surface area contributed by atoms with Gasteiger partial charge < -0.3 is 4.90 Å². The Morgan fingerprint density at radius 2 is 1.88 bits per heavy atom. The van der Waals surface area contributed by atoms with Gasteiger partial charge in [0.25, 0.3) is 0 Å². The number of anilines is 1. The van der Waals surface area contributed by atoms with E-state index in [4.69, 9.17) is 0 Å². The van der Waals surface area contributed by atoms with Gasteiger partial charge in [0, 0.05) is 33.8 Å². The van der Waals surface area contributed by atoms with Crippen molar-refractivity contribution in [3.63, 3.8) is 0 Å². The van der Waals surface area contributed by atoms with Gasteiger partial charge in [0.2, 0.25) is 0 Å². The van der Waals surface area contributed by atoms with E-state index in [-0.39, 0.29) is 0 Å². The molecule has 0 radical (unpaired) electrons. The second-order valence-electron chi connectivity index (χ2n) is 5.93. The van der Waals surface area contributed by atoms with E-state index in [1.54, 1.807) is 11.8 Å². The third-order valence-electron chi connectivity index (χ3n) is 4.19. The molecule has 0 aromatic heterocycles. The first-order chi connectivity index (χ1) is 12.2. The van der Waals surface area contributed by atoms with Crippen LogP contribution in [0.15, 0.2) is 95.4 Å². The fourth-order valence-electron chi connectivity index (χ4n) is 2.83. The maximum atomic E-state index is 4.16. The van der Waals surface area contributed by atoms with E-state index >= 15 is 0 Å². The Bertz CT molecular complexity index is 858. The Balaban J connectivity index is 1.74. The molecule has 0 amide bonds. The number of aryl methyl sites for hydroxylation is 1. The monoisotopic (exact) mass is 345 g/mol. The molecule has 2 aromatic carbocycles. The zero-order chi connectivity index (χ0) is 17.6. The summed E-state index contributed by atoms with van der Waals surface area (Å²) < 4.78 is 0. The molecule has 1 nitrogen and oxygen atoms in total. The Labute approximate surface area is 155 Å². The molecule has 0 aliphatic carbocycles. The lowest BCUT2D eigenvalue weighted by Gasteiger charge is -2.26. The van der Waals surface area contributed by atoms with Gasteiger partial charge in [-0.1, -0.05) is 66.9 Å². The van der Waals surface area contributed by atoms with Gasteiger partial charge in [-0.25, -0.2) is 0 Å². The lowest BCUT2D eigenvalue weighted by molar-refractivity contribution is 1.01. The van der Waals surface area contributed by atoms with E-state index in [0.29, 0.717) is 0 Å². The Hall–Kier alpha value is -2.45. The van der Waals surface area contributed by atoms with Crippen LogP contribution in [0.5, 0.6) is 0 Å². The van der Waals surface area contributed by atoms with E-state index in [1.165, 1.54) is 27.3 Å². The largest absolute Gasteiger partial charge is 0.348 e. The van der Waals surface area contributed by atoms with Gasteiger partial charge in [-0.3, -0.25) is 0 Å². The van der Waals surface area contributed by atoms with Gasteiger partial charge in [-0.05, 0) is 49.3 Å². The van der Waals surface area contributed by atoms with Gasteiger partial charge in [-0.2, -0.15) is 0 Å². The Morgan fingerprint density at radius 1 is 1.12 bits per heavy atom. The number of nitrogens with zero attached hydrogens (tertiary/aromatic N) is 1. The highest BCUT2D eigenvalue weighted by Gasteiger charge is 2.13. The van der Waals surface area contributed by atoms with Crippen molar-refractivity contribution in [2.75, 3.05) is 11.4 Å². The molecule has 3 rings (SSSR count). The zero-order valence-corrected chi connectivity index (χ0v) is 15.6. The van der Waals surface area contributed by atoms with Crippen LogP contribution in [0, 0.1) is 6.92 Å². The molecular formula is C23H23NS. The number of hydrogen-bond acceptors (Lipinski definition) is 2. The summed E-state index contributed by atoms with van der Waals surface area (Å²) in [5, 5.41) is 0. The second kappa shape index (κ2) is 8.09. The van der Waals surface area contributed by atoms with Crippen LogP contribution in [0.3, 0.4) is 0 Å². The normalized spacial score (nSPS) is 15.0. The SMILES string of the molecule is C=C(C=CC=C1C=CN(CC)c2ccccc21)Sc1ccccc1C. The number of hydrogen-bond donors (Lipinski definition) is 0. The minimum Gasteiger partial charge on any atom is -0.348 e. The Kier molecular flexibility index (Phi) is 5.62. The maximum absolute atomic E-state index is 4.16. The van der Waals surface area contributed by atoms with Crippen LogP contribution in [0.25, 0.3) is 5.57 Å². The summed E-state index contributed by atoms with van der Waals surface area (Å²) in [6, 6.07) is 16.9. The highest BCUT2D eigenvalue weighted by molar-refractivity contribution is 8.03. The zero-order valence-electron chi connectivity index (χ0n) is 14.8. The van der Waals surface area contributed by atoms with Gasteiger partial charge >= 0.3 is 0 Å². The summed E-state index contributed by atoms with van der Waals surface area (Å²) in [4.78, 5) is 4.56. The topological polar surface area (TPSA) is 3.24 Å². The van der Waals surface area contributed by atoms with Crippen LogP contribution in [0.1, 0.15) is 18.1 Å². The summed E-state index contributed by atoms with van der Waals surface area (Å²) in [6.45, 7) is 9.44. The summed E-state index contributed by atoms with van der Waals surface area (Å²) in [6.07, 6.45) is 10.6. The third kappa shape index (κ3) is 4.15. The fraction of sp³-hybridized carbons (Fsp3) is 0.130. The molecule has 0 unspecified atom stereocenters. The predicted octanol–water partition coefficient (Wildman–Crippen LogP) is 6.59. The Morgan fingerprint density at radius 3 is 2.68 bits per heavy atom. The number of rotatable bonds is 5. The molecule has 1 aliphatic rings. The van der Waals surface area contributed by atoms with E-state index in [2.05, 4.69) is 104 Å². The average molecular weight is 346 g/mol.